The molecule has 0 N–H and O–H groups in total. The van der Waals surface area contributed by atoms with Gasteiger partial charge < -0.3 is 0 Å². The highest BCUT2D eigenvalue weighted by molar-refractivity contribution is 5.98. The van der Waals surface area contributed by atoms with E-state index in [-0.39, 0.29) is 11.2 Å². The third-order valence-electron chi connectivity index (χ3n) is 3.24. The van der Waals surface area contributed by atoms with E-state index in [0.29, 0.717) is 5.92 Å². The Balaban J connectivity index is 2.85. The van der Waals surface area contributed by atoms with Crippen molar-refractivity contribution in [1.82, 2.24) is 0 Å². The van der Waals surface area contributed by atoms with Gasteiger partial charge in [-0.1, -0.05) is 38.2 Å². The Kier molecular flexibility index (Phi) is 3.67. The minimum Gasteiger partial charge on any atom is -0.290 e. The van der Waals surface area contributed by atoms with Crippen LogP contribution in [0, 0.1) is 11.3 Å². The minimum atomic E-state index is -0.0100. The highest BCUT2D eigenvalue weighted by atomic mass is 16.1. The summed E-state index contributed by atoms with van der Waals surface area (Å²) in [6, 6.07) is 0. The average Bonchev–Trinajstić information content (AvgIpc) is 2.15. The van der Waals surface area contributed by atoms with Crippen molar-refractivity contribution in [3.63, 3.8) is 0 Å². The standard InChI is InChI=1S/C14H20O/c1-5-12(15)8-9-13-11(2)7-6-10-14(13,3)4/h5,7-9,13H,1,6,10H2,2-4H3. The Hall–Kier alpha value is -1.11. The normalized spacial score (nSPS) is 25.0. The summed E-state index contributed by atoms with van der Waals surface area (Å²) in [5.41, 5.74) is 1.64. The molecule has 0 aromatic carbocycles. The molecule has 1 unspecified atom stereocenters. The van der Waals surface area contributed by atoms with Crippen LogP contribution in [0.2, 0.25) is 0 Å². The highest BCUT2D eigenvalue weighted by Crippen LogP contribution is 2.41. The Morgan fingerprint density at radius 1 is 1.60 bits per heavy atom. The number of hydrogen-bond donors (Lipinski definition) is 0. The SMILES string of the molecule is C=CC(=O)C=CC1C(C)=CCCC1(C)C. The van der Waals surface area contributed by atoms with Crippen LogP contribution in [0.25, 0.3) is 0 Å². The molecule has 0 amide bonds. The zero-order valence-corrected chi connectivity index (χ0v) is 9.92. The van der Waals surface area contributed by atoms with E-state index in [1.165, 1.54) is 18.1 Å². The molecular weight excluding hydrogens is 184 g/mol. The third-order valence-corrected chi connectivity index (χ3v) is 3.24. The van der Waals surface area contributed by atoms with E-state index >= 15 is 0 Å². The summed E-state index contributed by atoms with van der Waals surface area (Å²) in [5.74, 6) is 0.374. The molecule has 15 heavy (non-hydrogen) atoms. The molecule has 82 valence electrons. The Labute approximate surface area is 92.6 Å². The van der Waals surface area contributed by atoms with E-state index in [1.807, 2.05) is 6.08 Å². The van der Waals surface area contributed by atoms with Crippen molar-refractivity contribution in [2.75, 3.05) is 0 Å². The predicted octanol–water partition coefficient (Wildman–Crippen LogP) is 3.68. The Morgan fingerprint density at radius 2 is 2.27 bits per heavy atom. The maximum atomic E-state index is 11.1. The lowest BCUT2D eigenvalue weighted by atomic mass is 9.68. The number of hydrogen-bond acceptors (Lipinski definition) is 1. The summed E-state index contributed by atoms with van der Waals surface area (Å²) >= 11 is 0. The largest absolute Gasteiger partial charge is 0.290 e. The highest BCUT2D eigenvalue weighted by Gasteiger charge is 2.30. The lowest BCUT2D eigenvalue weighted by molar-refractivity contribution is -0.110. The van der Waals surface area contributed by atoms with Gasteiger partial charge in [-0.05, 0) is 37.3 Å². The van der Waals surface area contributed by atoms with E-state index in [2.05, 4.69) is 33.4 Å². The van der Waals surface area contributed by atoms with Crippen LogP contribution in [-0.2, 0) is 4.79 Å². The van der Waals surface area contributed by atoms with Gasteiger partial charge in [0.1, 0.15) is 0 Å². The van der Waals surface area contributed by atoms with E-state index in [1.54, 1.807) is 6.08 Å². The van der Waals surface area contributed by atoms with Crippen molar-refractivity contribution >= 4 is 5.78 Å². The van der Waals surface area contributed by atoms with Gasteiger partial charge in [-0.2, -0.15) is 0 Å². The molecule has 1 heteroatoms. The van der Waals surface area contributed by atoms with E-state index in [4.69, 9.17) is 0 Å². The first-order valence-corrected chi connectivity index (χ1v) is 5.48. The molecule has 0 radical (unpaired) electrons. The average molecular weight is 204 g/mol. The fraction of sp³-hybridized carbons (Fsp3) is 0.500. The third kappa shape index (κ3) is 2.92. The first kappa shape index (κ1) is 12.0. The van der Waals surface area contributed by atoms with Gasteiger partial charge in [-0.3, -0.25) is 4.79 Å². The van der Waals surface area contributed by atoms with Crippen molar-refractivity contribution in [2.24, 2.45) is 11.3 Å². The fourth-order valence-electron chi connectivity index (χ4n) is 2.24. The molecule has 0 aromatic heterocycles. The molecule has 1 aliphatic rings. The predicted molar refractivity (Wildman–Crippen MR) is 64.6 cm³/mol. The number of allylic oxidation sites excluding steroid dienone is 5. The first-order chi connectivity index (χ1) is 6.97. The second kappa shape index (κ2) is 4.61. The van der Waals surface area contributed by atoms with Gasteiger partial charge in [-0.15, -0.1) is 0 Å². The van der Waals surface area contributed by atoms with Crippen LogP contribution in [0.15, 0.2) is 36.5 Å². The van der Waals surface area contributed by atoms with Crippen molar-refractivity contribution < 1.29 is 4.79 Å². The van der Waals surface area contributed by atoms with Crippen LogP contribution in [0.5, 0.6) is 0 Å². The molecule has 0 fully saturated rings. The number of carbonyl (C=O) groups excluding carboxylic acids is 1. The van der Waals surface area contributed by atoms with E-state index in [9.17, 15) is 4.79 Å². The van der Waals surface area contributed by atoms with Crippen molar-refractivity contribution in [3.05, 3.63) is 36.5 Å². The molecule has 0 aromatic rings. The van der Waals surface area contributed by atoms with Crippen LogP contribution in [0.1, 0.15) is 33.6 Å². The summed E-state index contributed by atoms with van der Waals surface area (Å²) < 4.78 is 0. The summed E-state index contributed by atoms with van der Waals surface area (Å²) in [7, 11) is 0. The van der Waals surface area contributed by atoms with Gasteiger partial charge in [0.25, 0.3) is 0 Å². The number of rotatable bonds is 3. The van der Waals surface area contributed by atoms with Crippen LogP contribution < -0.4 is 0 Å². The molecule has 1 nitrogen and oxygen atoms in total. The molecule has 0 bridgehead atoms. The molecule has 0 heterocycles. The van der Waals surface area contributed by atoms with Gasteiger partial charge in [0.2, 0.25) is 0 Å². The van der Waals surface area contributed by atoms with Gasteiger partial charge >= 0.3 is 0 Å². The molecule has 0 saturated heterocycles. The molecule has 1 rings (SSSR count). The molecule has 1 atom stereocenters. The molecule has 0 spiro atoms. The zero-order chi connectivity index (χ0) is 11.5. The quantitative estimate of drug-likeness (QED) is 0.506. The lowest BCUT2D eigenvalue weighted by Gasteiger charge is -2.36. The van der Waals surface area contributed by atoms with Crippen molar-refractivity contribution in [2.45, 2.75) is 33.6 Å². The van der Waals surface area contributed by atoms with E-state index in [0.717, 1.165) is 6.42 Å². The van der Waals surface area contributed by atoms with Gasteiger partial charge in [0.05, 0.1) is 0 Å². The summed E-state index contributed by atoms with van der Waals surface area (Å²) in [6.45, 7) is 10.1. The summed E-state index contributed by atoms with van der Waals surface area (Å²) in [4.78, 5) is 11.1. The fourth-order valence-corrected chi connectivity index (χ4v) is 2.24. The summed E-state index contributed by atoms with van der Waals surface area (Å²) in [5, 5.41) is 0. The zero-order valence-electron chi connectivity index (χ0n) is 9.92. The maximum Gasteiger partial charge on any atom is 0.177 e. The Bertz CT molecular complexity index is 318. The van der Waals surface area contributed by atoms with E-state index < -0.39 is 0 Å². The van der Waals surface area contributed by atoms with Crippen LogP contribution >= 0.6 is 0 Å². The van der Waals surface area contributed by atoms with Crippen molar-refractivity contribution in [1.29, 1.82) is 0 Å². The molecule has 0 aliphatic heterocycles. The minimum absolute atomic E-state index is 0.0100. The summed E-state index contributed by atoms with van der Waals surface area (Å²) in [6.07, 6.45) is 9.63. The van der Waals surface area contributed by atoms with Crippen LogP contribution in [0.3, 0.4) is 0 Å². The van der Waals surface area contributed by atoms with Gasteiger partial charge in [0, 0.05) is 5.92 Å². The van der Waals surface area contributed by atoms with Gasteiger partial charge in [-0.25, -0.2) is 0 Å². The number of ketones is 1. The van der Waals surface area contributed by atoms with Crippen molar-refractivity contribution in [3.8, 4) is 0 Å². The number of carbonyl (C=O) groups is 1. The monoisotopic (exact) mass is 204 g/mol. The van der Waals surface area contributed by atoms with Gasteiger partial charge in [0.15, 0.2) is 5.78 Å². The van der Waals surface area contributed by atoms with Crippen LogP contribution in [-0.4, -0.2) is 5.78 Å². The second-order valence-electron chi connectivity index (χ2n) is 4.92. The topological polar surface area (TPSA) is 17.1 Å². The maximum absolute atomic E-state index is 11.1. The lowest BCUT2D eigenvalue weighted by Crippen LogP contribution is -2.26. The Morgan fingerprint density at radius 3 is 2.80 bits per heavy atom. The van der Waals surface area contributed by atoms with Crippen LogP contribution in [0.4, 0.5) is 0 Å². The second-order valence-corrected chi connectivity index (χ2v) is 4.92. The smallest absolute Gasteiger partial charge is 0.177 e. The molecule has 1 aliphatic carbocycles. The first-order valence-electron chi connectivity index (χ1n) is 5.48. The molecular formula is C14H20O. The molecule has 0 saturated carbocycles.